The van der Waals surface area contributed by atoms with Crippen molar-refractivity contribution in [3.05, 3.63) is 81.8 Å². The fourth-order valence-electron chi connectivity index (χ4n) is 12.9. The number of phenolic OH excluding ortho intramolecular Hbond substituents is 1. The molecule has 1 aliphatic heterocycles. The molecule has 1 aliphatic rings. The van der Waals surface area contributed by atoms with Gasteiger partial charge in [0.15, 0.2) is 48.2 Å². The SMILES string of the molecule is CCCC(=O)OCN(C(=O)[C@@H](CC(=O)[C@H]1CCCCN1C)C(C)CC)[C@H](C[C@@H](OC(C)=O)c1nc(C(=O)N[C@@H](Cc2ccc(O)cc2)C[C@H](C)C(=O)CNC(=O)OCCSSC[C@H](CC(=O)[C@H](Cc2ccccc2)NC(=O)[C@H](CC(=O)O)CC(=O)[C@H](NC(=O)CC[C@@H](NC(=O)N[C@H](CCC(=O)O)OC=O)C(=O)O)C(=O)O)C(=O)O)cs1)C(C)C. The number of urea groups is 1. The van der Waals surface area contributed by atoms with E-state index in [0.29, 0.717) is 30.4 Å². The smallest absolute Gasteiger partial charge is 0.407 e. The van der Waals surface area contributed by atoms with Gasteiger partial charge < -0.3 is 86.4 Å². The number of aliphatic carboxylic acids is 5. The second-order valence-electron chi connectivity index (χ2n) is 29.3. The summed E-state index contributed by atoms with van der Waals surface area (Å²) in [5.74, 6) is -21.4. The van der Waals surface area contributed by atoms with Crippen LogP contribution in [0.1, 0.15) is 184 Å². The van der Waals surface area contributed by atoms with E-state index < -0.39 is 219 Å². The first-order chi connectivity index (χ1) is 56.3. The number of nitrogens with zero attached hydrogens (tertiary/aromatic N) is 3. The van der Waals surface area contributed by atoms with Crippen molar-refractivity contribution in [2.75, 3.05) is 45.0 Å². The number of ketones is 4. The van der Waals surface area contributed by atoms with E-state index in [1.807, 2.05) is 62.5 Å². The Balaban J connectivity index is 1.38. The van der Waals surface area contributed by atoms with Crippen LogP contribution in [-0.2, 0) is 104 Å². The van der Waals surface area contributed by atoms with Crippen molar-refractivity contribution in [3.63, 3.8) is 0 Å². The molecule has 12 N–H and O–H groups in total. The minimum atomic E-state index is -2.45. The summed E-state index contributed by atoms with van der Waals surface area (Å²) in [4.78, 5) is 242. The number of benzene rings is 2. The number of likely N-dealkylation sites (tertiary alicyclic amines) is 1. The van der Waals surface area contributed by atoms with E-state index in [0.717, 1.165) is 52.3 Å². The Morgan fingerprint density at radius 1 is 0.697 bits per heavy atom. The van der Waals surface area contributed by atoms with E-state index in [2.05, 4.69) is 25.7 Å². The number of rotatable bonds is 57. The third-order valence-electron chi connectivity index (χ3n) is 19.7. The Labute approximate surface area is 699 Å². The van der Waals surface area contributed by atoms with Gasteiger partial charge in [0.1, 0.15) is 29.1 Å². The summed E-state index contributed by atoms with van der Waals surface area (Å²) in [7, 11) is 3.94. The number of amides is 7. The Kier molecular flexibility index (Phi) is 44.3. The number of aromatic hydroxyl groups is 1. The van der Waals surface area contributed by atoms with Crippen LogP contribution in [-0.4, -0.2) is 240 Å². The van der Waals surface area contributed by atoms with E-state index in [-0.39, 0.29) is 103 Å². The van der Waals surface area contributed by atoms with Gasteiger partial charge in [-0.2, -0.15) is 0 Å². The molecule has 1 saturated heterocycles. The van der Waals surface area contributed by atoms with Crippen molar-refractivity contribution in [1.29, 1.82) is 0 Å². The zero-order valence-electron chi connectivity index (χ0n) is 67.6. The zero-order chi connectivity index (χ0) is 88.6. The van der Waals surface area contributed by atoms with Crippen molar-refractivity contribution in [3.8, 4) is 5.75 Å². The second-order valence-corrected chi connectivity index (χ2v) is 32.8. The lowest BCUT2D eigenvalue weighted by Gasteiger charge is -2.39. The van der Waals surface area contributed by atoms with Crippen LogP contribution < -0.4 is 31.9 Å². The van der Waals surface area contributed by atoms with Gasteiger partial charge in [-0.3, -0.25) is 72.0 Å². The fourth-order valence-corrected chi connectivity index (χ4v) is 15.9. The van der Waals surface area contributed by atoms with Crippen LogP contribution in [0.25, 0.3) is 0 Å². The molecule has 0 aliphatic carbocycles. The lowest BCUT2D eigenvalue weighted by Crippen LogP contribution is -2.51. The molecule has 656 valence electrons. The third kappa shape index (κ3) is 36.7. The number of carboxylic acid groups (broad SMARTS) is 5. The maximum absolute atomic E-state index is 15.1. The van der Waals surface area contributed by atoms with Gasteiger partial charge in [-0.05, 0) is 93.6 Å². The van der Waals surface area contributed by atoms with E-state index in [1.165, 1.54) is 29.3 Å². The normalized spacial score (nSPS) is 15.7. The lowest BCUT2D eigenvalue weighted by atomic mass is 9.82. The number of esters is 2. The quantitative estimate of drug-likeness (QED) is 0.00582. The topological polar surface area (TPSA) is 557 Å². The van der Waals surface area contributed by atoms with Gasteiger partial charge in [0.25, 0.3) is 12.4 Å². The number of alkyl carbamates (subject to hydrolysis) is 1. The van der Waals surface area contributed by atoms with Gasteiger partial charge in [0.05, 0.1) is 43.3 Å². The molecule has 37 nitrogen and oxygen atoms in total. The van der Waals surface area contributed by atoms with Crippen LogP contribution in [0.2, 0.25) is 0 Å². The molecule has 119 heavy (non-hydrogen) atoms. The number of carbonyl (C=O) groups excluding carboxylic acids is 13. The number of piperidine rings is 1. The number of likely N-dealkylation sites (N-methyl/N-ethyl adjacent to an activating group) is 1. The molecule has 4 rings (SSSR count). The van der Waals surface area contributed by atoms with Crippen LogP contribution in [0.5, 0.6) is 5.75 Å². The summed E-state index contributed by atoms with van der Waals surface area (Å²) < 4.78 is 21.5. The number of hydrogen-bond acceptors (Lipinski definition) is 28. The Bertz CT molecular complexity index is 3960. The number of ether oxygens (including phenoxy) is 4. The molecule has 0 spiro atoms. The van der Waals surface area contributed by atoms with Gasteiger partial charge in [-0.15, -0.1) is 11.3 Å². The highest BCUT2D eigenvalue weighted by Gasteiger charge is 2.42. The Hall–Kier alpha value is -10.6. The van der Waals surface area contributed by atoms with Crippen molar-refractivity contribution >= 4 is 140 Å². The molecule has 1 fully saturated rings. The Morgan fingerprint density at radius 2 is 1.38 bits per heavy atom. The van der Waals surface area contributed by atoms with Gasteiger partial charge >= 0.3 is 53.9 Å². The summed E-state index contributed by atoms with van der Waals surface area (Å²) in [5, 5.41) is 73.9. The number of carbonyl (C=O) groups is 18. The summed E-state index contributed by atoms with van der Waals surface area (Å²) in [6, 6.07) is 5.08. The van der Waals surface area contributed by atoms with E-state index >= 15 is 4.79 Å². The number of carboxylic acids is 5. The van der Waals surface area contributed by atoms with Crippen molar-refractivity contribution in [1.82, 2.24) is 46.7 Å². The standard InChI is InChI=1S/C79H109N9O28S3/c1-9-16-69(101)114-42-88(74(104)54(45(5)10-2)37-61(93)58-19-14-15-28-87(58)8)59(44(3)4)38-64(116-47(7)90)73-83-57(41-117-73)72(103)81-52(32-49-20-22-53(91)23-21-49)31-46(6)63(95)39-80-79(112)113-29-30-118-119-40-51(75(105)106)35-60(92)56(33-48-17-12-11-13-18-48)82-71(102)50(36-68(99)100)34-62(94)70(77(109)110)85-65(96)25-24-55(76(107)108)84-78(111)86-66(115-43-89)26-27-67(97)98/h11-13,17-18,20-23,41,43-46,50-52,54-56,58-59,64,66,70,91H,9-10,14-16,19,24-40,42H2,1-8H3,(H,80,112)(H,81,103)(H,82,102)(H,85,96)(H,97,98)(H,99,100)(H,105,106)(H,107,108)(H,109,110)(H2,84,86,111)/t45?,46-,50-,51-,52+,54-,55+,56-,58+,59+,64+,66-,70-/m0/s1. The highest BCUT2D eigenvalue weighted by atomic mass is 33.1. The maximum atomic E-state index is 15.1. The highest BCUT2D eigenvalue weighted by molar-refractivity contribution is 8.76. The molecule has 13 atom stereocenters. The van der Waals surface area contributed by atoms with Crippen molar-refractivity contribution < 1.29 is 136 Å². The van der Waals surface area contributed by atoms with Crippen LogP contribution in [0.4, 0.5) is 9.59 Å². The fraction of sp³-hybridized carbons (Fsp3) is 0.582. The largest absolute Gasteiger partial charge is 0.508 e. The number of thiazole rings is 1. The van der Waals surface area contributed by atoms with Crippen LogP contribution in [0.3, 0.4) is 0 Å². The molecule has 0 saturated carbocycles. The van der Waals surface area contributed by atoms with Crippen LogP contribution >= 0.6 is 32.9 Å². The first-order valence-corrected chi connectivity index (χ1v) is 42.3. The molecule has 2 aromatic carbocycles. The molecule has 40 heteroatoms. The predicted octanol–water partition coefficient (Wildman–Crippen LogP) is 6.05. The van der Waals surface area contributed by atoms with Gasteiger partial charge in [-0.1, -0.05) is 118 Å². The number of phenols is 1. The van der Waals surface area contributed by atoms with E-state index in [1.54, 1.807) is 49.4 Å². The second kappa shape index (κ2) is 52.3. The molecular formula is C79H109N9O28S3. The summed E-state index contributed by atoms with van der Waals surface area (Å²) in [6.45, 7) is 11.6. The lowest BCUT2D eigenvalue weighted by molar-refractivity contribution is -0.162. The van der Waals surface area contributed by atoms with Crippen LogP contribution in [0, 0.1) is 35.5 Å². The molecule has 0 radical (unpaired) electrons. The van der Waals surface area contributed by atoms with Crippen molar-refractivity contribution in [2.45, 2.75) is 213 Å². The number of nitrogens with one attached hydrogen (secondary N) is 6. The molecule has 3 aromatic rings. The molecule has 7 amide bonds. The number of aromatic nitrogens is 1. The average Bonchev–Trinajstić information content (AvgIpc) is 1.32. The highest BCUT2D eigenvalue weighted by Crippen LogP contribution is 2.35. The summed E-state index contributed by atoms with van der Waals surface area (Å²) in [5.41, 5.74) is 1.03. The third-order valence-corrected chi connectivity index (χ3v) is 23.1. The maximum Gasteiger partial charge on any atom is 0.407 e. The minimum absolute atomic E-state index is 0.0226. The van der Waals surface area contributed by atoms with Gasteiger partial charge in [0.2, 0.25) is 17.7 Å². The van der Waals surface area contributed by atoms with Gasteiger partial charge in [0, 0.05) is 92.7 Å². The monoisotopic (exact) mass is 1730 g/mol. The minimum Gasteiger partial charge on any atom is -0.508 e. The molecule has 1 unspecified atom stereocenters. The summed E-state index contributed by atoms with van der Waals surface area (Å²) in [6.07, 6.45) is -5.73. The average molecular weight is 1730 g/mol. The Morgan fingerprint density at radius 3 is 1.98 bits per heavy atom. The van der Waals surface area contributed by atoms with Crippen LogP contribution in [0.15, 0.2) is 60.0 Å². The van der Waals surface area contributed by atoms with Crippen molar-refractivity contribution in [2.24, 2.45) is 35.5 Å². The molecule has 0 bridgehead atoms. The van der Waals surface area contributed by atoms with E-state index in [9.17, 15) is 107 Å². The zero-order valence-corrected chi connectivity index (χ0v) is 70.1. The van der Waals surface area contributed by atoms with Gasteiger partial charge in [-0.25, -0.2) is 24.2 Å². The molecule has 1 aromatic heterocycles. The molecular weight excluding hydrogens is 1620 g/mol. The van der Waals surface area contributed by atoms with E-state index in [4.69, 9.17) is 19.3 Å². The summed E-state index contributed by atoms with van der Waals surface area (Å²) >= 11 is 1.02. The first kappa shape index (κ1) is 101. The number of hydrogen-bond donors (Lipinski definition) is 12. The predicted molar refractivity (Wildman–Crippen MR) is 429 cm³/mol. The molecule has 2 heterocycles. The number of Topliss-reactive ketones (excluding diaryl/α,β-unsaturated/α-hetero) is 4. The first-order valence-electron chi connectivity index (χ1n) is 38.9.